The number of ether oxygens (including phenoxy) is 1. The normalized spacial score (nSPS) is 11.2. The Morgan fingerprint density at radius 3 is 2.29 bits per heavy atom. The third-order valence-corrected chi connectivity index (χ3v) is 4.95. The molecule has 6 heteroatoms. The summed E-state index contributed by atoms with van der Waals surface area (Å²) >= 11 is 0. The molecular weight excluding hydrogens is 293 g/mol. The Morgan fingerprint density at radius 1 is 1.10 bits per heavy atom. The van der Waals surface area contributed by atoms with Crippen LogP contribution in [-0.4, -0.2) is 22.1 Å². The highest BCUT2D eigenvalue weighted by Gasteiger charge is 2.25. The van der Waals surface area contributed by atoms with Crippen LogP contribution in [0.25, 0.3) is 0 Å². The minimum Gasteiger partial charge on any atom is -0.495 e. The zero-order valence-corrected chi connectivity index (χ0v) is 12.6. The number of rotatable bonds is 5. The largest absolute Gasteiger partial charge is 0.495 e. The van der Waals surface area contributed by atoms with Crippen LogP contribution in [0, 0.1) is 5.82 Å². The molecule has 21 heavy (non-hydrogen) atoms. The molecule has 0 N–H and O–H groups in total. The van der Waals surface area contributed by atoms with Gasteiger partial charge in [-0.2, -0.15) is 0 Å². The van der Waals surface area contributed by atoms with E-state index in [1.54, 1.807) is 31.2 Å². The van der Waals surface area contributed by atoms with E-state index < -0.39 is 15.8 Å². The second kappa shape index (κ2) is 6.13. The first-order valence-electron chi connectivity index (χ1n) is 6.42. The van der Waals surface area contributed by atoms with Crippen LogP contribution in [0.5, 0.6) is 5.75 Å². The average molecular weight is 309 g/mol. The summed E-state index contributed by atoms with van der Waals surface area (Å²) in [6.45, 7) is 1.97. The van der Waals surface area contributed by atoms with Crippen molar-refractivity contribution >= 4 is 15.7 Å². The Bertz CT molecular complexity index is 714. The average Bonchev–Trinajstić information content (AvgIpc) is 2.48. The molecule has 0 bridgehead atoms. The van der Waals surface area contributed by atoms with Crippen molar-refractivity contribution in [2.24, 2.45) is 0 Å². The summed E-state index contributed by atoms with van der Waals surface area (Å²) in [5.41, 5.74) is 0.451. The molecule has 0 heterocycles. The van der Waals surface area contributed by atoms with Gasteiger partial charge in [0.15, 0.2) is 0 Å². The fourth-order valence-electron chi connectivity index (χ4n) is 2.04. The Balaban J connectivity index is 2.52. The molecule has 0 fully saturated rings. The number of benzene rings is 2. The SMILES string of the molecule is CCN(c1ccccc1OC)S(=O)(=O)c1ccc(F)cc1. The van der Waals surface area contributed by atoms with Crippen LogP contribution < -0.4 is 9.04 Å². The molecule has 0 radical (unpaired) electrons. The van der Waals surface area contributed by atoms with E-state index in [1.165, 1.54) is 23.5 Å². The third kappa shape index (κ3) is 3.00. The molecule has 2 aromatic rings. The van der Waals surface area contributed by atoms with E-state index in [0.29, 0.717) is 11.4 Å². The van der Waals surface area contributed by atoms with Crippen LogP contribution in [0.4, 0.5) is 10.1 Å². The predicted molar refractivity (Wildman–Crippen MR) is 79.6 cm³/mol. The van der Waals surface area contributed by atoms with E-state index in [4.69, 9.17) is 4.74 Å². The number of hydrogen-bond acceptors (Lipinski definition) is 3. The maximum atomic E-state index is 13.0. The van der Waals surface area contributed by atoms with Crippen molar-refractivity contribution < 1.29 is 17.5 Å². The zero-order chi connectivity index (χ0) is 15.5. The molecule has 2 rings (SSSR count). The summed E-state index contributed by atoms with van der Waals surface area (Å²) in [5, 5.41) is 0. The third-order valence-electron chi connectivity index (χ3n) is 3.04. The summed E-state index contributed by atoms with van der Waals surface area (Å²) in [6.07, 6.45) is 0. The lowest BCUT2D eigenvalue weighted by Gasteiger charge is -2.24. The van der Waals surface area contributed by atoms with E-state index in [0.717, 1.165) is 12.1 Å². The van der Waals surface area contributed by atoms with Crippen LogP contribution in [0.1, 0.15) is 6.92 Å². The van der Waals surface area contributed by atoms with Crippen LogP contribution in [-0.2, 0) is 10.0 Å². The number of hydrogen-bond donors (Lipinski definition) is 0. The number of methoxy groups -OCH3 is 1. The maximum Gasteiger partial charge on any atom is 0.264 e. The van der Waals surface area contributed by atoms with Crippen molar-refractivity contribution in [3.63, 3.8) is 0 Å². The number of halogens is 1. The van der Waals surface area contributed by atoms with Gasteiger partial charge < -0.3 is 4.74 Å². The van der Waals surface area contributed by atoms with Crippen molar-refractivity contribution in [2.75, 3.05) is 18.0 Å². The van der Waals surface area contributed by atoms with E-state index >= 15 is 0 Å². The van der Waals surface area contributed by atoms with Gasteiger partial charge in [-0.25, -0.2) is 12.8 Å². The lowest BCUT2D eigenvalue weighted by molar-refractivity contribution is 0.415. The topological polar surface area (TPSA) is 46.6 Å². The first-order valence-corrected chi connectivity index (χ1v) is 7.86. The Hall–Kier alpha value is -2.08. The van der Waals surface area contributed by atoms with Gasteiger partial charge in [-0.1, -0.05) is 12.1 Å². The van der Waals surface area contributed by atoms with Crippen molar-refractivity contribution in [1.29, 1.82) is 0 Å². The molecule has 0 saturated carbocycles. The molecule has 112 valence electrons. The lowest BCUT2D eigenvalue weighted by Crippen LogP contribution is -2.31. The molecule has 0 aromatic heterocycles. The fourth-order valence-corrected chi connectivity index (χ4v) is 3.52. The number of sulfonamides is 1. The molecule has 0 aliphatic carbocycles. The summed E-state index contributed by atoms with van der Waals surface area (Å²) in [4.78, 5) is 0.0386. The van der Waals surface area contributed by atoms with Crippen LogP contribution in [0.2, 0.25) is 0 Å². The molecule has 0 aliphatic rings. The van der Waals surface area contributed by atoms with Crippen molar-refractivity contribution in [2.45, 2.75) is 11.8 Å². The molecule has 0 spiro atoms. The van der Waals surface area contributed by atoms with E-state index in [-0.39, 0.29) is 11.4 Å². The highest BCUT2D eigenvalue weighted by molar-refractivity contribution is 7.92. The van der Waals surface area contributed by atoms with E-state index in [1.807, 2.05) is 0 Å². The van der Waals surface area contributed by atoms with Gasteiger partial charge in [-0.3, -0.25) is 4.31 Å². The molecular formula is C15H16FNO3S. The molecule has 0 atom stereocenters. The molecule has 0 aliphatic heterocycles. The van der Waals surface area contributed by atoms with Gasteiger partial charge in [0.1, 0.15) is 11.6 Å². The smallest absolute Gasteiger partial charge is 0.264 e. The van der Waals surface area contributed by atoms with Crippen molar-refractivity contribution in [1.82, 2.24) is 0 Å². The van der Waals surface area contributed by atoms with Crippen molar-refractivity contribution in [3.8, 4) is 5.75 Å². The van der Waals surface area contributed by atoms with Gasteiger partial charge in [-0.05, 0) is 43.3 Å². The first kappa shape index (κ1) is 15.3. The van der Waals surface area contributed by atoms with Gasteiger partial charge in [0, 0.05) is 6.54 Å². The van der Waals surface area contributed by atoms with Gasteiger partial charge >= 0.3 is 0 Å². The minimum atomic E-state index is -3.77. The summed E-state index contributed by atoms with van der Waals surface area (Å²) in [7, 11) is -2.28. The maximum absolute atomic E-state index is 13.0. The van der Waals surface area contributed by atoms with Gasteiger partial charge in [0.05, 0.1) is 17.7 Å². The highest BCUT2D eigenvalue weighted by Crippen LogP contribution is 2.31. The molecule has 0 amide bonds. The summed E-state index contributed by atoms with van der Waals surface area (Å²) < 4.78 is 44.8. The number of anilines is 1. The van der Waals surface area contributed by atoms with Crippen LogP contribution >= 0.6 is 0 Å². The van der Waals surface area contributed by atoms with Crippen molar-refractivity contribution in [3.05, 3.63) is 54.3 Å². The predicted octanol–water partition coefficient (Wildman–Crippen LogP) is 3.05. The molecule has 0 saturated heterocycles. The molecule has 2 aromatic carbocycles. The summed E-state index contributed by atoms with van der Waals surface area (Å²) in [6, 6.07) is 11.6. The quantitative estimate of drug-likeness (QED) is 0.853. The van der Waals surface area contributed by atoms with E-state index in [2.05, 4.69) is 0 Å². The first-order chi connectivity index (χ1) is 10.0. The Kier molecular flexibility index (Phi) is 4.47. The van der Waals surface area contributed by atoms with E-state index in [9.17, 15) is 12.8 Å². The monoisotopic (exact) mass is 309 g/mol. The second-order valence-electron chi connectivity index (χ2n) is 4.30. The highest BCUT2D eigenvalue weighted by atomic mass is 32.2. The van der Waals surface area contributed by atoms with Gasteiger partial charge in [-0.15, -0.1) is 0 Å². The minimum absolute atomic E-state index is 0.0386. The standard InChI is InChI=1S/C15H16FNO3S/c1-3-17(14-6-4-5-7-15(14)20-2)21(18,19)13-10-8-12(16)9-11-13/h4-11H,3H2,1-2H3. The molecule has 4 nitrogen and oxygen atoms in total. The fraction of sp³-hybridized carbons (Fsp3) is 0.200. The zero-order valence-electron chi connectivity index (χ0n) is 11.8. The van der Waals surface area contributed by atoms with Crippen LogP contribution in [0.15, 0.2) is 53.4 Å². The van der Waals surface area contributed by atoms with Gasteiger partial charge in [0.2, 0.25) is 0 Å². The number of nitrogens with zero attached hydrogens (tertiary/aromatic N) is 1. The Labute approximate surface area is 123 Å². The second-order valence-corrected chi connectivity index (χ2v) is 6.16. The lowest BCUT2D eigenvalue weighted by atomic mass is 10.3. The Morgan fingerprint density at radius 2 is 1.71 bits per heavy atom. The summed E-state index contributed by atoms with van der Waals surface area (Å²) in [5.74, 6) is -0.0145. The van der Waals surface area contributed by atoms with Crippen LogP contribution in [0.3, 0.4) is 0 Å². The number of para-hydroxylation sites is 2. The molecule has 0 unspecified atom stereocenters. The van der Waals surface area contributed by atoms with Gasteiger partial charge in [0.25, 0.3) is 10.0 Å².